The van der Waals surface area contributed by atoms with Crippen molar-refractivity contribution in [2.75, 3.05) is 11.1 Å². The molecule has 6 nitrogen and oxygen atoms in total. The molecular formula is C19H22N4O2S2. The minimum atomic E-state index is -0.179. The summed E-state index contributed by atoms with van der Waals surface area (Å²) in [4.78, 5) is 29.3. The van der Waals surface area contributed by atoms with Gasteiger partial charge in [0.2, 0.25) is 10.9 Å². The topological polar surface area (TPSA) is 76.4 Å². The van der Waals surface area contributed by atoms with Crippen LogP contribution in [-0.4, -0.2) is 26.3 Å². The van der Waals surface area contributed by atoms with E-state index in [0.29, 0.717) is 28.1 Å². The largest absolute Gasteiger partial charge is 0.325 e. The number of thioether (sulfide) groups is 1. The molecule has 27 heavy (non-hydrogen) atoms. The predicted molar refractivity (Wildman–Crippen MR) is 112 cm³/mol. The van der Waals surface area contributed by atoms with Gasteiger partial charge in [0, 0.05) is 17.5 Å². The van der Waals surface area contributed by atoms with Crippen LogP contribution in [0.15, 0.2) is 35.1 Å². The highest BCUT2D eigenvalue weighted by atomic mass is 32.2. The van der Waals surface area contributed by atoms with Crippen molar-refractivity contribution in [3.8, 4) is 0 Å². The zero-order valence-corrected chi connectivity index (χ0v) is 17.2. The van der Waals surface area contributed by atoms with Gasteiger partial charge in [-0.2, -0.15) is 9.61 Å². The standard InChI is InChI=1S/C19H22N4O2S2/c1-4-17-22-23-18(25)9-15(21-19(23)27-17)10-26-11-16(24)20-14-7-5-13(6-8-14)12(2)3/h5-9,12H,4,10-11H2,1-3H3,(H,20,24). The van der Waals surface area contributed by atoms with E-state index < -0.39 is 0 Å². The molecule has 0 saturated heterocycles. The smallest absolute Gasteiger partial charge is 0.275 e. The molecule has 0 saturated carbocycles. The lowest BCUT2D eigenvalue weighted by atomic mass is 10.0. The average Bonchev–Trinajstić information content (AvgIpc) is 3.06. The third-order valence-corrected chi connectivity index (χ3v) is 6.01. The molecule has 0 atom stereocenters. The molecule has 0 aliphatic carbocycles. The Morgan fingerprint density at radius 1 is 1.30 bits per heavy atom. The summed E-state index contributed by atoms with van der Waals surface area (Å²) in [5.74, 6) is 1.20. The average molecular weight is 403 g/mol. The molecule has 0 fully saturated rings. The number of anilines is 1. The molecule has 0 radical (unpaired) electrons. The van der Waals surface area contributed by atoms with Crippen LogP contribution >= 0.6 is 23.1 Å². The van der Waals surface area contributed by atoms with Crippen molar-refractivity contribution < 1.29 is 4.79 Å². The van der Waals surface area contributed by atoms with Crippen LogP contribution in [0.1, 0.15) is 43.0 Å². The zero-order chi connectivity index (χ0) is 19.4. The second kappa shape index (κ2) is 8.67. The molecule has 0 aliphatic heterocycles. The molecule has 8 heteroatoms. The highest BCUT2D eigenvalue weighted by Gasteiger charge is 2.09. The van der Waals surface area contributed by atoms with E-state index in [-0.39, 0.29) is 11.5 Å². The van der Waals surface area contributed by atoms with Crippen molar-refractivity contribution in [3.63, 3.8) is 0 Å². The first-order valence-corrected chi connectivity index (χ1v) is 10.8. The molecule has 2 heterocycles. The molecule has 0 bridgehead atoms. The third-order valence-electron chi connectivity index (χ3n) is 3.99. The van der Waals surface area contributed by atoms with Crippen molar-refractivity contribution in [1.29, 1.82) is 0 Å². The van der Waals surface area contributed by atoms with Gasteiger partial charge in [0.1, 0.15) is 5.01 Å². The van der Waals surface area contributed by atoms with Gasteiger partial charge in [0.05, 0.1) is 11.4 Å². The number of hydrogen-bond acceptors (Lipinski definition) is 6. The van der Waals surface area contributed by atoms with E-state index in [2.05, 4.69) is 29.2 Å². The maximum absolute atomic E-state index is 12.1. The summed E-state index contributed by atoms with van der Waals surface area (Å²) in [7, 11) is 0. The number of amides is 1. The van der Waals surface area contributed by atoms with Crippen LogP contribution in [0.25, 0.3) is 4.96 Å². The van der Waals surface area contributed by atoms with Crippen LogP contribution < -0.4 is 10.9 Å². The molecule has 1 N–H and O–H groups in total. The van der Waals surface area contributed by atoms with Gasteiger partial charge in [-0.1, -0.05) is 44.2 Å². The molecule has 2 aromatic heterocycles. The van der Waals surface area contributed by atoms with Gasteiger partial charge in [-0.3, -0.25) is 9.59 Å². The SMILES string of the molecule is CCc1nn2c(=O)cc(CSCC(=O)Nc3ccc(C(C)C)cc3)nc2s1. The van der Waals surface area contributed by atoms with Gasteiger partial charge in [-0.25, -0.2) is 4.98 Å². The van der Waals surface area contributed by atoms with E-state index in [9.17, 15) is 9.59 Å². The summed E-state index contributed by atoms with van der Waals surface area (Å²) >= 11 is 2.86. The molecule has 0 spiro atoms. The van der Waals surface area contributed by atoms with Crippen LogP contribution in [0.4, 0.5) is 5.69 Å². The van der Waals surface area contributed by atoms with Crippen molar-refractivity contribution >= 4 is 39.7 Å². The Kier molecular flexibility index (Phi) is 6.28. The second-order valence-electron chi connectivity index (χ2n) is 6.45. The third kappa shape index (κ3) is 4.95. The summed E-state index contributed by atoms with van der Waals surface area (Å²) in [6.07, 6.45) is 0.774. The normalized spacial score (nSPS) is 11.3. The molecule has 1 aromatic carbocycles. The maximum Gasteiger partial charge on any atom is 0.275 e. The quantitative estimate of drug-likeness (QED) is 0.652. The van der Waals surface area contributed by atoms with Crippen LogP contribution in [0.3, 0.4) is 0 Å². The van der Waals surface area contributed by atoms with E-state index in [0.717, 1.165) is 17.1 Å². The number of nitrogens with one attached hydrogen (secondary N) is 1. The van der Waals surface area contributed by atoms with Crippen molar-refractivity contribution in [2.24, 2.45) is 0 Å². The Morgan fingerprint density at radius 2 is 2.04 bits per heavy atom. The first kappa shape index (κ1) is 19.6. The summed E-state index contributed by atoms with van der Waals surface area (Å²) < 4.78 is 1.34. The number of benzene rings is 1. The summed E-state index contributed by atoms with van der Waals surface area (Å²) in [6, 6.07) is 9.38. The van der Waals surface area contributed by atoms with E-state index >= 15 is 0 Å². The number of nitrogens with zero attached hydrogens (tertiary/aromatic N) is 3. The van der Waals surface area contributed by atoms with E-state index in [1.165, 1.54) is 39.2 Å². The van der Waals surface area contributed by atoms with E-state index in [4.69, 9.17) is 0 Å². The molecular weight excluding hydrogens is 380 g/mol. The maximum atomic E-state index is 12.1. The monoisotopic (exact) mass is 402 g/mol. The molecule has 1 amide bonds. The van der Waals surface area contributed by atoms with Gasteiger partial charge in [-0.15, -0.1) is 11.8 Å². The molecule has 3 rings (SSSR count). The molecule has 142 valence electrons. The van der Waals surface area contributed by atoms with Crippen molar-refractivity contribution in [2.45, 2.75) is 38.9 Å². The molecule has 0 unspecified atom stereocenters. The number of carbonyl (C=O) groups is 1. The van der Waals surface area contributed by atoms with Gasteiger partial charge in [0.25, 0.3) is 5.56 Å². The van der Waals surface area contributed by atoms with Crippen molar-refractivity contribution in [3.05, 3.63) is 57.0 Å². The van der Waals surface area contributed by atoms with Gasteiger partial charge >= 0.3 is 0 Å². The first-order chi connectivity index (χ1) is 13.0. The van der Waals surface area contributed by atoms with Crippen molar-refractivity contribution in [1.82, 2.24) is 14.6 Å². The van der Waals surface area contributed by atoms with Gasteiger partial charge in [-0.05, 0) is 30.0 Å². The van der Waals surface area contributed by atoms with E-state index in [1.54, 1.807) is 0 Å². The first-order valence-electron chi connectivity index (χ1n) is 8.82. The number of carbonyl (C=O) groups excluding carboxylic acids is 1. The minimum absolute atomic E-state index is 0.0684. The molecule has 0 aliphatic rings. The highest BCUT2D eigenvalue weighted by molar-refractivity contribution is 7.99. The van der Waals surface area contributed by atoms with E-state index in [1.807, 2.05) is 31.2 Å². The van der Waals surface area contributed by atoms with Gasteiger partial charge in [0.15, 0.2) is 0 Å². The minimum Gasteiger partial charge on any atom is -0.325 e. The number of aryl methyl sites for hydroxylation is 1. The van der Waals surface area contributed by atoms with Crippen LogP contribution in [0.5, 0.6) is 0 Å². The lowest BCUT2D eigenvalue weighted by molar-refractivity contribution is -0.113. The number of aromatic nitrogens is 3. The lowest BCUT2D eigenvalue weighted by Gasteiger charge is -2.08. The van der Waals surface area contributed by atoms with Crippen LogP contribution in [0, 0.1) is 0 Å². The Labute approximate surface area is 166 Å². The predicted octanol–water partition coefficient (Wildman–Crippen LogP) is 3.71. The fourth-order valence-corrected chi connectivity index (χ4v) is 4.08. The summed E-state index contributed by atoms with van der Waals surface area (Å²) in [6.45, 7) is 6.27. The highest BCUT2D eigenvalue weighted by Crippen LogP contribution is 2.18. The number of fused-ring (bicyclic) bond motifs is 1. The number of hydrogen-bond donors (Lipinski definition) is 1. The summed E-state index contributed by atoms with van der Waals surface area (Å²) in [5, 5.41) is 8.01. The number of rotatable bonds is 7. The Bertz CT molecular complexity index is 993. The fraction of sp³-hybridized carbons (Fsp3) is 0.368. The fourth-order valence-electron chi connectivity index (χ4n) is 2.51. The Balaban J connectivity index is 1.55. The Hall–Kier alpha value is -2.19. The molecule has 3 aromatic rings. The Morgan fingerprint density at radius 3 is 2.70 bits per heavy atom. The second-order valence-corrected chi connectivity index (χ2v) is 8.47. The van der Waals surface area contributed by atoms with Crippen LogP contribution in [0.2, 0.25) is 0 Å². The summed E-state index contributed by atoms with van der Waals surface area (Å²) in [5.41, 5.74) is 2.52. The lowest BCUT2D eigenvalue weighted by Crippen LogP contribution is -2.16. The van der Waals surface area contributed by atoms with Crippen LogP contribution in [-0.2, 0) is 17.0 Å². The zero-order valence-electron chi connectivity index (χ0n) is 15.6. The van der Waals surface area contributed by atoms with Gasteiger partial charge < -0.3 is 5.32 Å².